The Morgan fingerprint density at radius 3 is 2.40 bits per heavy atom. The van der Waals surface area contributed by atoms with E-state index in [0.29, 0.717) is 32.6 Å². The number of halogens is 2. The highest BCUT2D eigenvalue weighted by Crippen LogP contribution is 2.25. The molecule has 0 aliphatic carbocycles. The molecule has 9 nitrogen and oxygen atoms in total. The van der Waals surface area contributed by atoms with Crippen molar-refractivity contribution in [3.8, 4) is 0 Å². The topological polar surface area (TPSA) is 144 Å². The van der Waals surface area contributed by atoms with Gasteiger partial charge in [0.05, 0.1) is 16.5 Å². The summed E-state index contributed by atoms with van der Waals surface area (Å²) >= 11 is 12.4. The number of sulfonamides is 1. The number of aromatic carboxylic acids is 1. The van der Waals surface area contributed by atoms with Gasteiger partial charge >= 0.3 is 5.97 Å². The molecule has 0 fully saturated rings. The summed E-state index contributed by atoms with van der Waals surface area (Å²) < 4.78 is 26.9. The van der Waals surface area contributed by atoms with Crippen LogP contribution in [0.1, 0.15) is 15.4 Å². The molecule has 2 aromatic carbocycles. The molecule has 0 saturated heterocycles. The van der Waals surface area contributed by atoms with E-state index in [1.807, 2.05) is 0 Å². The lowest BCUT2D eigenvalue weighted by Gasteiger charge is -2.14. The van der Waals surface area contributed by atoms with Crippen LogP contribution in [0, 0.1) is 0 Å². The van der Waals surface area contributed by atoms with E-state index >= 15 is 0 Å². The van der Waals surface area contributed by atoms with Gasteiger partial charge in [-0.05, 0) is 42.0 Å². The molecule has 3 rings (SSSR count). The quantitative estimate of drug-likeness (QED) is 0.431. The lowest BCUT2D eigenvalue weighted by molar-refractivity contribution is -0.115. The van der Waals surface area contributed by atoms with Gasteiger partial charge in [-0.3, -0.25) is 4.79 Å². The maximum Gasteiger partial charge on any atom is 0.367 e. The Bertz CT molecular complexity index is 1150. The maximum atomic E-state index is 12.4. The number of benzene rings is 2. The molecule has 0 aliphatic heterocycles. The Morgan fingerprint density at radius 1 is 1.10 bits per heavy atom. The third-order valence-electron chi connectivity index (χ3n) is 3.63. The third-order valence-corrected chi connectivity index (χ3v) is 6.68. The number of nitrogens with one attached hydrogen (secondary N) is 2. The minimum absolute atomic E-state index is 0.0570. The van der Waals surface area contributed by atoms with Gasteiger partial charge in [0.25, 0.3) is 0 Å². The number of carboxylic acid groups (broad SMARTS) is 1. The molecule has 3 aromatic rings. The van der Waals surface area contributed by atoms with Crippen LogP contribution in [0.25, 0.3) is 0 Å². The van der Waals surface area contributed by atoms with Crippen molar-refractivity contribution in [2.75, 3.05) is 10.0 Å². The fourth-order valence-corrected chi connectivity index (χ4v) is 4.42. The molecule has 13 heteroatoms. The fourth-order valence-electron chi connectivity index (χ4n) is 2.28. The lowest BCUT2D eigenvalue weighted by atomic mass is 10.1. The number of carboxylic acids is 1. The molecule has 1 amide bonds. The second-order valence-electron chi connectivity index (χ2n) is 5.82. The van der Waals surface area contributed by atoms with Crippen molar-refractivity contribution in [3.63, 3.8) is 0 Å². The molecule has 1 unspecified atom stereocenters. The molecule has 1 atom stereocenters. The first-order valence-electron chi connectivity index (χ1n) is 8.07. The molecule has 0 radical (unpaired) electrons. The summed E-state index contributed by atoms with van der Waals surface area (Å²) in [7, 11) is -4.00. The van der Waals surface area contributed by atoms with E-state index in [2.05, 4.69) is 20.2 Å². The summed E-state index contributed by atoms with van der Waals surface area (Å²) in [5, 5.41) is 18.5. The molecule has 1 aromatic heterocycles. The zero-order valence-corrected chi connectivity index (χ0v) is 17.9. The number of carbonyl (C=O) groups is 2. The average Bonchev–Trinajstić information content (AvgIpc) is 3.13. The van der Waals surface area contributed by atoms with Gasteiger partial charge in [0.15, 0.2) is 15.3 Å². The minimum Gasteiger partial charge on any atom is -0.588 e. The van der Waals surface area contributed by atoms with Crippen molar-refractivity contribution in [1.29, 1.82) is 0 Å². The van der Waals surface area contributed by atoms with E-state index in [4.69, 9.17) is 28.3 Å². The van der Waals surface area contributed by atoms with Crippen LogP contribution in [0.3, 0.4) is 0 Å². The molecular weight excluding hydrogens is 475 g/mol. The molecule has 0 aliphatic rings. The van der Waals surface area contributed by atoms with Gasteiger partial charge in [-0.1, -0.05) is 44.8 Å². The van der Waals surface area contributed by atoms with Crippen molar-refractivity contribution in [2.24, 2.45) is 0 Å². The van der Waals surface area contributed by atoms with E-state index < -0.39 is 16.4 Å². The molecule has 3 N–H and O–H groups in total. The summed E-state index contributed by atoms with van der Waals surface area (Å²) in [4.78, 5) is 22.9. The number of hydrogen-bond donors (Lipinski definition) is 3. The molecule has 156 valence electrons. The standard InChI is InChI=1S/C17H12Cl2N4O5S2/c18-12-6-1-9(7-13(12)19)8-14(24)20-10-2-4-11(5-3-10)30(27,28)23-17-22-21-15(29-17)16(25)26/h1-7H,8H2,(H3-,20,22,23,24,25,26,27,28). The highest BCUT2D eigenvalue weighted by molar-refractivity contribution is 7.99. The number of aromatic nitrogens is 2. The zero-order chi connectivity index (χ0) is 21.9. The Morgan fingerprint density at radius 2 is 1.80 bits per heavy atom. The fraction of sp³-hybridized carbons (Fsp3) is 0.0588. The molecule has 1 heterocycles. The van der Waals surface area contributed by atoms with Gasteiger partial charge in [0.1, 0.15) is 0 Å². The monoisotopic (exact) mass is 486 g/mol. The van der Waals surface area contributed by atoms with Crippen LogP contribution in [0.15, 0.2) is 47.4 Å². The van der Waals surface area contributed by atoms with Gasteiger partial charge in [-0.25, -0.2) is 4.79 Å². The lowest BCUT2D eigenvalue weighted by Crippen LogP contribution is -2.21. The number of amides is 1. The summed E-state index contributed by atoms with van der Waals surface area (Å²) in [5.74, 6) is -1.63. The average molecular weight is 487 g/mol. The summed E-state index contributed by atoms with van der Waals surface area (Å²) in [6.45, 7) is 0. The van der Waals surface area contributed by atoms with Crippen LogP contribution >= 0.6 is 34.5 Å². The van der Waals surface area contributed by atoms with Crippen LogP contribution in [-0.2, 0) is 25.8 Å². The Balaban J connectivity index is 1.64. The number of rotatable bonds is 7. The van der Waals surface area contributed by atoms with Crippen LogP contribution in [0.5, 0.6) is 0 Å². The van der Waals surface area contributed by atoms with Crippen LogP contribution in [-0.4, -0.2) is 31.7 Å². The van der Waals surface area contributed by atoms with Gasteiger partial charge < -0.3 is 15.0 Å². The first-order valence-corrected chi connectivity index (χ1v) is 11.1. The largest absolute Gasteiger partial charge is 0.588 e. The first kappa shape index (κ1) is 22.1. The maximum absolute atomic E-state index is 12.4. The van der Waals surface area contributed by atoms with Crippen molar-refractivity contribution >= 4 is 67.6 Å². The zero-order valence-electron chi connectivity index (χ0n) is 14.8. The highest BCUT2D eigenvalue weighted by atomic mass is 35.5. The van der Waals surface area contributed by atoms with E-state index in [-0.39, 0.29) is 27.4 Å². The molecule has 0 saturated carbocycles. The highest BCUT2D eigenvalue weighted by Gasteiger charge is 2.23. The third kappa shape index (κ3) is 5.52. The van der Waals surface area contributed by atoms with E-state index in [1.165, 1.54) is 24.3 Å². The van der Waals surface area contributed by atoms with Crippen molar-refractivity contribution in [2.45, 2.75) is 11.3 Å². The molecular formula is C17H12Cl2N4O5S2. The van der Waals surface area contributed by atoms with Gasteiger partial charge in [0.2, 0.25) is 16.0 Å². The molecule has 30 heavy (non-hydrogen) atoms. The Labute approximate surface area is 185 Å². The van der Waals surface area contributed by atoms with Crippen LogP contribution < -0.4 is 10.0 Å². The Hall–Kier alpha value is -2.57. The Kier molecular flexibility index (Phi) is 6.68. The first-order chi connectivity index (χ1) is 14.1. The number of nitrogens with zero attached hydrogens (tertiary/aromatic N) is 2. The normalized spacial score (nSPS) is 12.8. The summed E-state index contributed by atoms with van der Waals surface area (Å²) in [5.41, 5.74) is 1.06. The van der Waals surface area contributed by atoms with E-state index in [0.717, 1.165) is 0 Å². The summed E-state index contributed by atoms with van der Waals surface area (Å²) in [6.07, 6.45) is 0.0570. The van der Waals surface area contributed by atoms with Crippen molar-refractivity contribution in [1.82, 2.24) is 10.2 Å². The van der Waals surface area contributed by atoms with Crippen LogP contribution in [0.4, 0.5) is 10.8 Å². The van der Waals surface area contributed by atoms with Crippen molar-refractivity contribution in [3.05, 3.63) is 63.1 Å². The van der Waals surface area contributed by atoms with Crippen molar-refractivity contribution < 1.29 is 23.5 Å². The predicted molar refractivity (Wildman–Crippen MR) is 113 cm³/mol. The smallest absolute Gasteiger partial charge is 0.367 e. The molecule has 0 bridgehead atoms. The number of hydrogen-bond acceptors (Lipinski definition) is 7. The second-order valence-corrected chi connectivity index (χ2v) is 9.30. The predicted octanol–water partition coefficient (Wildman–Crippen LogP) is 3.74. The van der Waals surface area contributed by atoms with E-state index in [9.17, 15) is 18.4 Å². The van der Waals surface area contributed by atoms with E-state index in [1.54, 1.807) is 18.2 Å². The second kappa shape index (κ2) is 9.06. The molecule has 0 spiro atoms. The SMILES string of the molecule is O=C(Cc1ccc(Cl)c(Cl)c1)Nc1ccc([S+](=O)([O-])Nc2nnc(C(=O)O)s2)cc1. The van der Waals surface area contributed by atoms with Crippen LogP contribution in [0.2, 0.25) is 10.0 Å². The van der Waals surface area contributed by atoms with Gasteiger partial charge in [-0.2, -0.15) is 4.72 Å². The number of carbonyl (C=O) groups excluding carboxylic acids is 1. The van der Waals surface area contributed by atoms with Gasteiger partial charge in [0, 0.05) is 5.69 Å². The number of anilines is 2. The summed E-state index contributed by atoms with van der Waals surface area (Å²) in [6, 6.07) is 10.3. The van der Waals surface area contributed by atoms with Gasteiger partial charge in [-0.15, -0.1) is 10.2 Å². The minimum atomic E-state index is -4.00.